The van der Waals surface area contributed by atoms with Crippen LogP contribution in [0.3, 0.4) is 0 Å². The molecule has 9 heteroatoms. The van der Waals surface area contributed by atoms with E-state index in [9.17, 15) is 18.0 Å². The van der Waals surface area contributed by atoms with E-state index in [1.807, 2.05) is 42.6 Å². The molecule has 0 fully saturated rings. The fraction of sp³-hybridized carbons (Fsp3) is 0.333. The van der Waals surface area contributed by atoms with Crippen molar-refractivity contribution in [1.82, 2.24) is 10.3 Å². The largest absolute Gasteiger partial charge is 0.487 e. The second-order valence-corrected chi connectivity index (χ2v) is 7.23. The zero-order valence-corrected chi connectivity index (χ0v) is 18.3. The van der Waals surface area contributed by atoms with Crippen LogP contribution in [0, 0.1) is 6.92 Å². The van der Waals surface area contributed by atoms with E-state index < -0.39 is 18.2 Å². The first-order chi connectivity index (χ1) is 15.8. The minimum Gasteiger partial charge on any atom is -0.487 e. The number of hydrogen-bond donors (Lipinski definition) is 1. The molecule has 3 aromatic rings. The van der Waals surface area contributed by atoms with Gasteiger partial charge in [0, 0.05) is 18.7 Å². The molecule has 1 heterocycles. The number of nitrogens with zero attached hydrogens (tertiary/aromatic N) is 1. The molecule has 33 heavy (non-hydrogen) atoms. The van der Waals surface area contributed by atoms with Crippen LogP contribution in [-0.2, 0) is 16.1 Å². The highest BCUT2D eigenvalue weighted by atomic mass is 19.4. The number of nitrogens with one attached hydrogen (secondary N) is 1. The third-order valence-corrected chi connectivity index (χ3v) is 4.86. The molecule has 0 aliphatic carbocycles. The maximum atomic E-state index is 12.3. The Balaban J connectivity index is 1.57. The minimum absolute atomic E-state index is 0.156. The molecule has 0 aliphatic rings. The third-order valence-electron chi connectivity index (χ3n) is 4.86. The zero-order valence-electron chi connectivity index (χ0n) is 18.3. The first kappa shape index (κ1) is 24.3. The molecule has 1 N–H and O–H groups in total. The Hall–Kier alpha value is -3.33. The van der Waals surface area contributed by atoms with E-state index in [4.69, 9.17) is 13.9 Å². The Labute approximate surface area is 189 Å². The summed E-state index contributed by atoms with van der Waals surface area (Å²) >= 11 is 0. The summed E-state index contributed by atoms with van der Waals surface area (Å²) in [4.78, 5) is 15.5. The maximum Gasteiger partial charge on any atom is 0.471 e. The molecule has 6 nitrogen and oxygen atoms in total. The summed E-state index contributed by atoms with van der Waals surface area (Å²) in [6, 6.07) is 16.6. The Morgan fingerprint density at radius 2 is 1.82 bits per heavy atom. The molecular formula is C24H25F3N2O4. The number of carbonyl (C=O) groups excluding carboxylic acids is 1. The smallest absolute Gasteiger partial charge is 0.471 e. The van der Waals surface area contributed by atoms with Crippen molar-refractivity contribution in [2.24, 2.45) is 0 Å². The van der Waals surface area contributed by atoms with E-state index in [2.05, 4.69) is 4.98 Å². The summed E-state index contributed by atoms with van der Waals surface area (Å²) in [6.45, 7) is 4.07. The van der Waals surface area contributed by atoms with Crippen LogP contribution in [0.1, 0.15) is 36.5 Å². The highest BCUT2D eigenvalue weighted by Gasteiger charge is 2.38. The average Bonchev–Trinajstić information content (AvgIpc) is 3.18. The van der Waals surface area contributed by atoms with Crippen molar-refractivity contribution < 1.29 is 31.9 Å². The quantitative estimate of drug-likeness (QED) is 0.438. The summed E-state index contributed by atoms with van der Waals surface area (Å²) in [7, 11) is 0. The van der Waals surface area contributed by atoms with Gasteiger partial charge in [-0.25, -0.2) is 4.98 Å². The zero-order chi connectivity index (χ0) is 23.8. The summed E-state index contributed by atoms with van der Waals surface area (Å²) in [6.07, 6.45) is -5.15. The number of benzene rings is 2. The molecule has 2 aromatic carbocycles. The molecule has 1 aromatic heterocycles. The second-order valence-electron chi connectivity index (χ2n) is 7.23. The highest BCUT2D eigenvalue weighted by molar-refractivity contribution is 5.81. The van der Waals surface area contributed by atoms with Crippen molar-refractivity contribution in [2.75, 3.05) is 13.2 Å². The first-order valence-electron chi connectivity index (χ1n) is 10.5. The summed E-state index contributed by atoms with van der Waals surface area (Å²) in [5, 5.41) is 1.87. The van der Waals surface area contributed by atoms with Gasteiger partial charge in [-0.1, -0.05) is 30.3 Å². The van der Waals surface area contributed by atoms with Gasteiger partial charge in [0.1, 0.15) is 23.8 Å². The molecule has 0 radical (unpaired) electrons. The van der Waals surface area contributed by atoms with Crippen molar-refractivity contribution in [1.29, 1.82) is 0 Å². The molecule has 0 saturated heterocycles. The fourth-order valence-corrected chi connectivity index (χ4v) is 3.16. The van der Waals surface area contributed by atoms with E-state index in [1.54, 1.807) is 31.2 Å². The van der Waals surface area contributed by atoms with Crippen LogP contribution in [0.25, 0.3) is 11.5 Å². The average molecular weight is 462 g/mol. The third kappa shape index (κ3) is 6.82. The van der Waals surface area contributed by atoms with Crippen LogP contribution in [0.4, 0.5) is 13.2 Å². The van der Waals surface area contributed by atoms with Crippen molar-refractivity contribution >= 4 is 5.91 Å². The predicted octanol–water partition coefficient (Wildman–Crippen LogP) is 5.38. The van der Waals surface area contributed by atoms with E-state index in [1.165, 1.54) is 0 Å². The van der Waals surface area contributed by atoms with Crippen molar-refractivity contribution in [3.8, 4) is 17.2 Å². The number of rotatable bonds is 10. The Kier molecular flexibility index (Phi) is 8.11. The lowest BCUT2D eigenvalue weighted by atomic mass is 10.1. The number of aromatic nitrogens is 1. The molecule has 0 saturated carbocycles. The van der Waals surface area contributed by atoms with Gasteiger partial charge in [0.05, 0.1) is 6.10 Å². The predicted molar refractivity (Wildman–Crippen MR) is 115 cm³/mol. The Morgan fingerprint density at radius 3 is 2.45 bits per heavy atom. The standard InChI is InChI=1S/C24H25F3N2O4/c1-3-31-21(13-14-28-23(30)24(25,26)27)17-9-11-19(12-10-17)32-15-20-16(2)33-22(29-20)18-7-5-4-6-8-18/h4-12,21H,3,13-15H2,1-2H3,(H,28,30). The van der Waals surface area contributed by atoms with Gasteiger partial charge in [-0.3, -0.25) is 4.79 Å². The number of halogens is 3. The van der Waals surface area contributed by atoms with E-state index in [-0.39, 0.29) is 19.6 Å². The van der Waals surface area contributed by atoms with Crippen LogP contribution in [0.15, 0.2) is 59.0 Å². The van der Waals surface area contributed by atoms with E-state index >= 15 is 0 Å². The van der Waals surface area contributed by atoms with E-state index in [0.717, 1.165) is 11.1 Å². The summed E-state index contributed by atoms with van der Waals surface area (Å²) in [5.74, 6) is -0.162. The Morgan fingerprint density at radius 1 is 1.12 bits per heavy atom. The summed E-state index contributed by atoms with van der Waals surface area (Å²) in [5.41, 5.74) is 2.34. The summed E-state index contributed by atoms with van der Waals surface area (Å²) < 4.78 is 54.2. The van der Waals surface area contributed by atoms with Gasteiger partial charge >= 0.3 is 12.1 Å². The SMILES string of the molecule is CCOC(CCNC(=O)C(F)(F)F)c1ccc(OCc2nc(-c3ccccc3)oc2C)cc1. The minimum atomic E-state index is -4.90. The number of carbonyl (C=O) groups is 1. The molecule has 0 aliphatic heterocycles. The van der Waals surface area contributed by atoms with E-state index in [0.29, 0.717) is 29.7 Å². The van der Waals surface area contributed by atoms with Crippen molar-refractivity contribution in [3.63, 3.8) is 0 Å². The lowest BCUT2D eigenvalue weighted by Gasteiger charge is -2.18. The lowest BCUT2D eigenvalue weighted by Crippen LogP contribution is -2.37. The van der Waals surface area contributed by atoms with Gasteiger partial charge in [0.25, 0.3) is 0 Å². The molecular weight excluding hydrogens is 437 g/mol. The topological polar surface area (TPSA) is 73.6 Å². The van der Waals surface area contributed by atoms with Gasteiger partial charge < -0.3 is 19.2 Å². The van der Waals surface area contributed by atoms with Gasteiger partial charge in [0.2, 0.25) is 5.89 Å². The second kappa shape index (κ2) is 11.0. The molecule has 0 spiro atoms. The normalized spacial score (nSPS) is 12.4. The molecule has 0 bridgehead atoms. The maximum absolute atomic E-state index is 12.3. The van der Waals surface area contributed by atoms with Gasteiger partial charge in [-0.2, -0.15) is 13.2 Å². The van der Waals surface area contributed by atoms with Crippen LogP contribution in [0.2, 0.25) is 0 Å². The number of amides is 1. The molecule has 1 unspecified atom stereocenters. The van der Waals surface area contributed by atoms with Gasteiger partial charge in [0.15, 0.2) is 0 Å². The van der Waals surface area contributed by atoms with Crippen molar-refractivity contribution in [2.45, 2.75) is 39.2 Å². The Bertz CT molecular complexity index is 1030. The van der Waals surface area contributed by atoms with Crippen molar-refractivity contribution in [3.05, 3.63) is 71.6 Å². The van der Waals surface area contributed by atoms with Crippen LogP contribution in [0.5, 0.6) is 5.75 Å². The van der Waals surface area contributed by atoms with Gasteiger partial charge in [-0.15, -0.1) is 0 Å². The number of alkyl halides is 3. The molecule has 1 amide bonds. The van der Waals surface area contributed by atoms with Gasteiger partial charge in [-0.05, 0) is 50.1 Å². The first-order valence-corrected chi connectivity index (χ1v) is 10.5. The number of hydrogen-bond acceptors (Lipinski definition) is 5. The molecule has 3 rings (SSSR count). The number of aryl methyl sites for hydroxylation is 1. The monoisotopic (exact) mass is 462 g/mol. The van der Waals surface area contributed by atoms with Crippen LogP contribution < -0.4 is 10.1 Å². The highest BCUT2D eigenvalue weighted by Crippen LogP contribution is 2.26. The number of oxazole rings is 1. The number of ether oxygens (including phenoxy) is 2. The lowest BCUT2D eigenvalue weighted by molar-refractivity contribution is -0.173. The van der Waals surface area contributed by atoms with Crippen LogP contribution >= 0.6 is 0 Å². The fourth-order valence-electron chi connectivity index (χ4n) is 3.16. The van der Waals surface area contributed by atoms with Crippen LogP contribution in [-0.4, -0.2) is 30.2 Å². The molecule has 1 atom stereocenters. The molecule has 176 valence electrons.